The number of nitrogens with two attached hydrogens (primary N) is 1. The van der Waals surface area contributed by atoms with Crippen molar-refractivity contribution in [3.63, 3.8) is 0 Å². The lowest BCUT2D eigenvalue weighted by Crippen LogP contribution is -2.42. The van der Waals surface area contributed by atoms with Crippen molar-refractivity contribution in [1.82, 2.24) is 15.2 Å². The van der Waals surface area contributed by atoms with Crippen molar-refractivity contribution in [2.75, 3.05) is 12.3 Å². The predicted molar refractivity (Wildman–Crippen MR) is 79.4 cm³/mol. The number of aryl methyl sites for hydroxylation is 1. The van der Waals surface area contributed by atoms with E-state index in [0.29, 0.717) is 24.5 Å². The van der Waals surface area contributed by atoms with Gasteiger partial charge in [-0.3, -0.25) is 9.59 Å². The molecular formula is C14H24N4O2. The Balaban J connectivity index is 2.46. The van der Waals surface area contributed by atoms with Crippen molar-refractivity contribution < 1.29 is 9.59 Å². The minimum absolute atomic E-state index is 0.0804. The fraction of sp³-hybridized carbons (Fsp3) is 0.571. The Morgan fingerprint density at radius 3 is 2.55 bits per heavy atom. The van der Waals surface area contributed by atoms with Crippen LogP contribution in [0.3, 0.4) is 0 Å². The third-order valence-electron chi connectivity index (χ3n) is 2.64. The standard InChI is InChI=1S/C14H24N4O2/c1-5-18-9-10(15)8-11(18)13(20)16-7-6-12(19)17-14(2,3)4/h8-9H,5-7,15H2,1-4H3,(H,16,20)(H,17,19). The van der Waals surface area contributed by atoms with Crippen LogP contribution in [0.15, 0.2) is 12.3 Å². The maximum absolute atomic E-state index is 12.0. The third-order valence-corrected chi connectivity index (χ3v) is 2.64. The maximum atomic E-state index is 12.0. The summed E-state index contributed by atoms with van der Waals surface area (Å²) in [6.45, 7) is 8.66. The van der Waals surface area contributed by atoms with E-state index in [1.807, 2.05) is 27.7 Å². The van der Waals surface area contributed by atoms with E-state index in [0.717, 1.165) is 0 Å². The second kappa shape index (κ2) is 6.45. The van der Waals surface area contributed by atoms with Gasteiger partial charge in [-0.15, -0.1) is 0 Å². The number of rotatable bonds is 5. The van der Waals surface area contributed by atoms with Crippen molar-refractivity contribution in [1.29, 1.82) is 0 Å². The molecule has 0 bridgehead atoms. The van der Waals surface area contributed by atoms with Crippen molar-refractivity contribution in [3.8, 4) is 0 Å². The number of nitrogen functional groups attached to an aromatic ring is 1. The van der Waals surface area contributed by atoms with Gasteiger partial charge in [-0.1, -0.05) is 0 Å². The van der Waals surface area contributed by atoms with Gasteiger partial charge in [0.2, 0.25) is 5.91 Å². The first kappa shape index (κ1) is 16.1. The van der Waals surface area contributed by atoms with Gasteiger partial charge in [-0.05, 0) is 33.8 Å². The molecule has 112 valence electrons. The van der Waals surface area contributed by atoms with Crippen LogP contribution in [0.25, 0.3) is 0 Å². The van der Waals surface area contributed by atoms with Gasteiger partial charge in [-0.2, -0.15) is 0 Å². The van der Waals surface area contributed by atoms with E-state index in [1.54, 1.807) is 16.8 Å². The van der Waals surface area contributed by atoms with E-state index < -0.39 is 0 Å². The van der Waals surface area contributed by atoms with Crippen LogP contribution in [0.5, 0.6) is 0 Å². The minimum atomic E-state index is -0.257. The molecule has 0 radical (unpaired) electrons. The van der Waals surface area contributed by atoms with Gasteiger partial charge in [0, 0.05) is 31.2 Å². The molecule has 0 spiro atoms. The molecule has 1 aromatic heterocycles. The lowest BCUT2D eigenvalue weighted by atomic mass is 10.1. The van der Waals surface area contributed by atoms with Gasteiger partial charge < -0.3 is 20.9 Å². The fourth-order valence-corrected chi connectivity index (χ4v) is 1.85. The summed E-state index contributed by atoms with van der Waals surface area (Å²) in [5, 5.41) is 5.57. The van der Waals surface area contributed by atoms with E-state index in [2.05, 4.69) is 10.6 Å². The highest BCUT2D eigenvalue weighted by molar-refractivity contribution is 5.94. The number of carbonyl (C=O) groups is 2. The number of aromatic nitrogens is 1. The quantitative estimate of drug-likeness (QED) is 0.755. The summed E-state index contributed by atoms with van der Waals surface area (Å²) in [5.41, 5.74) is 6.49. The summed E-state index contributed by atoms with van der Waals surface area (Å²) in [5.74, 6) is -0.296. The zero-order valence-electron chi connectivity index (χ0n) is 12.6. The zero-order valence-corrected chi connectivity index (χ0v) is 12.6. The Bertz CT molecular complexity index is 486. The van der Waals surface area contributed by atoms with Crippen LogP contribution >= 0.6 is 0 Å². The van der Waals surface area contributed by atoms with Crippen LogP contribution in [0.1, 0.15) is 44.6 Å². The molecule has 6 nitrogen and oxygen atoms in total. The molecule has 0 fully saturated rings. The van der Waals surface area contributed by atoms with Crippen molar-refractivity contribution in [2.45, 2.75) is 46.2 Å². The molecule has 1 rings (SSSR count). The highest BCUT2D eigenvalue weighted by atomic mass is 16.2. The van der Waals surface area contributed by atoms with Crippen LogP contribution in [-0.2, 0) is 11.3 Å². The number of nitrogens with zero attached hydrogens (tertiary/aromatic N) is 1. The summed E-state index contributed by atoms with van der Waals surface area (Å²) in [7, 11) is 0. The second-order valence-corrected chi connectivity index (χ2v) is 5.75. The average molecular weight is 280 g/mol. The first-order valence-electron chi connectivity index (χ1n) is 6.78. The Kier molecular flexibility index (Phi) is 5.19. The number of anilines is 1. The number of amides is 2. The molecule has 6 heteroatoms. The molecule has 0 atom stereocenters. The van der Waals surface area contributed by atoms with E-state index in [4.69, 9.17) is 5.73 Å². The minimum Gasteiger partial charge on any atom is -0.397 e. The van der Waals surface area contributed by atoms with Crippen LogP contribution < -0.4 is 16.4 Å². The van der Waals surface area contributed by atoms with Gasteiger partial charge in [0.15, 0.2) is 0 Å². The summed E-state index contributed by atoms with van der Waals surface area (Å²) >= 11 is 0. The SMILES string of the molecule is CCn1cc(N)cc1C(=O)NCCC(=O)NC(C)(C)C. The maximum Gasteiger partial charge on any atom is 0.267 e. The molecule has 0 aliphatic rings. The number of hydrogen-bond acceptors (Lipinski definition) is 3. The number of carbonyl (C=O) groups excluding carboxylic acids is 2. The topological polar surface area (TPSA) is 89.2 Å². The van der Waals surface area contributed by atoms with Gasteiger partial charge in [-0.25, -0.2) is 0 Å². The lowest BCUT2D eigenvalue weighted by molar-refractivity contribution is -0.122. The van der Waals surface area contributed by atoms with Gasteiger partial charge >= 0.3 is 0 Å². The Morgan fingerprint density at radius 2 is 2.00 bits per heavy atom. The van der Waals surface area contributed by atoms with Gasteiger partial charge in [0.1, 0.15) is 5.69 Å². The smallest absolute Gasteiger partial charge is 0.267 e. The molecule has 0 saturated carbocycles. The summed E-state index contributed by atoms with van der Waals surface area (Å²) in [4.78, 5) is 23.6. The van der Waals surface area contributed by atoms with Crippen molar-refractivity contribution in [2.24, 2.45) is 0 Å². The molecule has 1 aromatic rings. The number of nitrogens with one attached hydrogen (secondary N) is 2. The fourth-order valence-electron chi connectivity index (χ4n) is 1.85. The molecule has 1 heterocycles. The first-order chi connectivity index (χ1) is 9.23. The van der Waals surface area contributed by atoms with E-state index in [9.17, 15) is 9.59 Å². The van der Waals surface area contributed by atoms with E-state index >= 15 is 0 Å². The first-order valence-corrected chi connectivity index (χ1v) is 6.78. The van der Waals surface area contributed by atoms with Crippen molar-refractivity contribution >= 4 is 17.5 Å². The highest BCUT2D eigenvalue weighted by Crippen LogP contribution is 2.10. The number of hydrogen-bond donors (Lipinski definition) is 3. The van der Waals surface area contributed by atoms with Gasteiger partial charge in [0.25, 0.3) is 5.91 Å². The molecule has 4 N–H and O–H groups in total. The zero-order chi connectivity index (χ0) is 15.3. The molecule has 0 saturated heterocycles. The molecule has 2 amide bonds. The molecule has 0 aromatic carbocycles. The van der Waals surface area contributed by atoms with Crippen LogP contribution in [0.4, 0.5) is 5.69 Å². The molecule has 0 unspecified atom stereocenters. The van der Waals surface area contributed by atoms with Crippen molar-refractivity contribution in [3.05, 3.63) is 18.0 Å². The normalized spacial score (nSPS) is 11.2. The largest absolute Gasteiger partial charge is 0.397 e. The summed E-state index contributed by atoms with van der Waals surface area (Å²) in [6.07, 6.45) is 1.98. The van der Waals surface area contributed by atoms with E-state index in [1.165, 1.54) is 0 Å². The summed E-state index contributed by atoms with van der Waals surface area (Å²) in [6, 6.07) is 1.63. The Morgan fingerprint density at radius 1 is 1.35 bits per heavy atom. The monoisotopic (exact) mass is 280 g/mol. The highest BCUT2D eigenvalue weighted by Gasteiger charge is 2.15. The van der Waals surface area contributed by atoms with Gasteiger partial charge in [0.05, 0.1) is 5.69 Å². The predicted octanol–water partition coefficient (Wildman–Crippen LogP) is 1.12. The average Bonchev–Trinajstić information content (AvgIpc) is 2.68. The van der Waals surface area contributed by atoms with Crippen LogP contribution in [0.2, 0.25) is 0 Å². The van der Waals surface area contributed by atoms with E-state index in [-0.39, 0.29) is 23.8 Å². The van der Waals surface area contributed by atoms with Crippen LogP contribution in [0, 0.1) is 0 Å². The molecule has 20 heavy (non-hydrogen) atoms. The molecule has 0 aliphatic heterocycles. The Labute approximate surface area is 119 Å². The van der Waals surface area contributed by atoms with Crippen LogP contribution in [-0.4, -0.2) is 28.5 Å². The molecule has 0 aliphatic carbocycles. The second-order valence-electron chi connectivity index (χ2n) is 5.75. The molecular weight excluding hydrogens is 256 g/mol. The third kappa shape index (κ3) is 4.95. The summed E-state index contributed by atoms with van der Waals surface area (Å²) < 4.78 is 1.78. The Hall–Kier alpha value is -1.98. The lowest BCUT2D eigenvalue weighted by Gasteiger charge is -2.20.